The van der Waals surface area contributed by atoms with Crippen LogP contribution < -0.4 is 16.0 Å². The minimum absolute atomic E-state index is 0.0635. The summed E-state index contributed by atoms with van der Waals surface area (Å²) in [6.45, 7) is 4.15. The molecule has 6 heteroatoms. The van der Waals surface area contributed by atoms with Crippen molar-refractivity contribution in [3.8, 4) is 0 Å². The van der Waals surface area contributed by atoms with Crippen molar-refractivity contribution in [1.29, 1.82) is 0 Å². The SMILES string of the molecule is CN=C(NCCNC(=O)c1ccccc1)NCC(C)c1ccsc1. The molecule has 0 saturated carbocycles. The topological polar surface area (TPSA) is 65.5 Å². The molecule has 1 amide bonds. The summed E-state index contributed by atoms with van der Waals surface area (Å²) in [6.07, 6.45) is 0. The normalized spacial score (nSPS) is 12.5. The van der Waals surface area contributed by atoms with Gasteiger partial charge >= 0.3 is 0 Å². The first-order valence-corrected chi connectivity index (χ1v) is 8.95. The lowest BCUT2D eigenvalue weighted by atomic mass is 10.1. The van der Waals surface area contributed by atoms with Gasteiger partial charge in [0.15, 0.2) is 5.96 Å². The minimum atomic E-state index is -0.0635. The fourth-order valence-electron chi connectivity index (χ4n) is 2.19. The van der Waals surface area contributed by atoms with Crippen molar-refractivity contribution < 1.29 is 4.79 Å². The lowest BCUT2D eigenvalue weighted by Gasteiger charge is -2.15. The molecule has 0 saturated heterocycles. The molecule has 24 heavy (non-hydrogen) atoms. The zero-order valence-electron chi connectivity index (χ0n) is 14.1. The number of nitrogens with zero attached hydrogens (tertiary/aromatic N) is 1. The largest absolute Gasteiger partial charge is 0.356 e. The van der Waals surface area contributed by atoms with E-state index < -0.39 is 0 Å². The summed E-state index contributed by atoms with van der Waals surface area (Å²) in [6, 6.07) is 11.3. The quantitative estimate of drug-likeness (QED) is 0.411. The average molecular weight is 344 g/mol. The van der Waals surface area contributed by atoms with Gasteiger partial charge in [-0.25, -0.2) is 0 Å². The number of amides is 1. The lowest BCUT2D eigenvalue weighted by Crippen LogP contribution is -2.42. The molecule has 2 rings (SSSR count). The van der Waals surface area contributed by atoms with Crippen LogP contribution in [0.15, 0.2) is 52.2 Å². The second kappa shape index (κ2) is 9.72. The minimum Gasteiger partial charge on any atom is -0.356 e. The molecular formula is C18H24N4OS. The summed E-state index contributed by atoms with van der Waals surface area (Å²) in [5.74, 6) is 1.10. The summed E-state index contributed by atoms with van der Waals surface area (Å²) in [5.41, 5.74) is 2.00. The molecule has 0 aliphatic heterocycles. The van der Waals surface area contributed by atoms with Gasteiger partial charge in [0.05, 0.1) is 0 Å². The molecule has 1 atom stereocenters. The van der Waals surface area contributed by atoms with Crippen LogP contribution in [0.2, 0.25) is 0 Å². The molecule has 0 radical (unpaired) electrons. The second-order valence-electron chi connectivity index (χ2n) is 5.46. The third-order valence-corrected chi connectivity index (χ3v) is 4.35. The first kappa shape index (κ1) is 18.0. The molecule has 5 nitrogen and oxygen atoms in total. The zero-order valence-corrected chi connectivity index (χ0v) is 14.9. The number of carbonyl (C=O) groups excluding carboxylic acids is 1. The first-order valence-electron chi connectivity index (χ1n) is 8.00. The maximum atomic E-state index is 11.9. The van der Waals surface area contributed by atoms with E-state index in [-0.39, 0.29) is 5.91 Å². The van der Waals surface area contributed by atoms with E-state index >= 15 is 0 Å². The van der Waals surface area contributed by atoms with Crippen molar-refractivity contribution in [2.45, 2.75) is 12.8 Å². The second-order valence-corrected chi connectivity index (χ2v) is 6.24. The Morgan fingerprint density at radius 3 is 2.54 bits per heavy atom. The Morgan fingerprint density at radius 1 is 1.12 bits per heavy atom. The molecular weight excluding hydrogens is 320 g/mol. The van der Waals surface area contributed by atoms with Crippen LogP contribution in [0, 0.1) is 0 Å². The fraction of sp³-hybridized carbons (Fsp3) is 0.333. The number of carbonyl (C=O) groups is 1. The molecule has 1 aromatic carbocycles. The van der Waals surface area contributed by atoms with Gasteiger partial charge in [0.25, 0.3) is 5.91 Å². The van der Waals surface area contributed by atoms with Gasteiger partial charge in [-0.15, -0.1) is 0 Å². The molecule has 0 fully saturated rings. The van der Waals surface area contributed by atoms with Crippen LogP contribution in [0.4, 0.5) is 0 Å². The molecule has 2 aromatic rings. The van der Waals surface area contributed by atoms with Crippen molar-refractivity contribution in [2.75, 3.05) is 26.7 Å². The number of guanidine groups is 1. The van der Waals surface area contributed by atoms with Crippen molar-refractivity contribution in [1.82, 2.24) is 16.0 Å². The molecule has 0 spiro atoms. The predicted molar refractivity (Wildman–Crippen MR) is 101 cm³/mol. The van der Waals surface area contributed by atoms with Crippen molar-refractivity contribution >= 4 is 23.2 Å². The van der Waals surface area contributed by atoms with E-state index in [9.17, 15) is 4.79 Å². The van der Waals surface area contributed by atoms with Gasteiger partial charge in [-0.3, -0.25) is 9.79 Å². The third kappa shape index (κ3) is 5.70. The van der Waals surface area contributed by atoms with Gasteiger partial charge in [0.1, 0.15) is 0 Å². The maximum Gasteiger partial charge on any atom is 0.251 e. The van der Waals surface area contributed by atoms with E-state index in [1.807, 2.05) is 18.2 Å². The van der Waals surface area contributed by atoms with Crippen LogP contribution in [0.25, 0.3) is 0 Å². The first-order chi connectivity index (χ1) is 11.7. The molecule has 1 heterocycles. The summed E-state index contributed by atoms with van der Waals surface area (Å²) >= 11 is 1.71. The number of hydrogen-bond donors (Lipinski definition) is 3. The van der Waals surface area contributed by atoms with Gasteiger partial charge < -0.3 is 16.0 Å². The van der Waals surface area contributed by atoms with Gasteiger partial charge in [0, 0.05) is 32.2 Å². The Balaban J connectivity index is 1.66. The highest BCUT2D eigenvalue weighted by Crippen LogP contribution is 2.16. The Morgan fingerprint density at radius 2 is 1.88 bits per heavy atom. The van der Waals surface area contributed by atoms with E-state index in [4.69, 9.17) is 0 Å². The molecule has 128 valence electrons. The number of hydrogen-bond acceptors (Lipinski definition) is 3. The van der Waals surface area contributed by atoms with Gasteiger partial charge in [-0.1, -0.05) is 25.1 Å². The summed E-state index contributed by atoms with van der Waals surface area (Å²) in [7, 11) is 1.74. The molecule has 3 N–H and O–H groups in total. The van der Waals surface area contributed by atoms with E-state index in [2.05, 4.69) is 44.7 Å². The Bertz CT molecular complexity index is 640. The number of nitrogens with one attached hydrogen (secondary N) is 3. The number of aliphatic imine (C=N–C) groups is 1. The summed E-state index contributed by atoms with van der Waals surface area (Å²) in [4.78, 5) is 16.1. The van der Waals surface area contributed by atoms with Crippen LogP contribution in [0.3, 0.4) is 0 Å². The Hall–Kier alpha value is -2.34. The number of benzene rings is 1. The highest BCUT2D eigenvalue weighted by Gasteiger charge is 2.07. The Labute approximate surface area is 147 Å². The van der Waals surface area contributed by atoms with Gasteiger partial charge in [-0.2, -0.15) is 11.3 Å². The van der Waals surface area contributed by atoms with Crippen molar-refractivity contribution in [3.63, 3.8) is 0 Å². The smallest absolute Gasteiger partial charge is 0.251 e. The molecule has 1 unspecified atom stereocenters. The fourth-order valence-corrected chi connectivity index (χ4v) is 2.97. The summed E-state index contributed by atoms with van der Waals surface area (Å²) in [5, 5.41) is 13.7. The van der Waals surface area contributed by atoms with Gasteiger partial charge in [-0.05, 0) is 40.4 Å². The van der Waals surface area contributed by atoms with Gasteiger partial charge in [0.2, 0.25) is 0 Å². The lowest BCUT2D eigenvalue weighted by molar-refractivity contribution is 0.0954. The number of rotatable bonds is 7. The zero-order chi connectivity index (χ0) is 17.2. The average Bonchev–Trinajstić information content (AvgIpc) is 3.16. The monoisotopic (exact) mass is 344 g/mol. The predicted octanol–water partition coefficient (Wildman–Crippen LogP) is 2.45. The number of thiophene rings is 1. The van der Waals surface area contributed by atoms with Crippen LogP contribution in [-0.4, -0.2) is 38.5 Å². The van der Waals surface area contributed by atoms with Crippen LogP contribution in [-0.2, 0) is 0 Å². The van der Waals surface area contributed by atoms with E-state index in [0.29, 0.717) is 24.6 Å². The standard InChI is InChI=1S/C18H24N4OS/c1-14(16-8-11-24-13-16)12-22-18(19-2)21-10-9-20-17(23)15-6-4-3-5-7-15/h3-8,11,13-14H,9-10,12H2,1-2H3,(H,20,23)(H2,19,21,22). The summed E-state index contributed by atoms with van der Waals surface area (Å²) < 4.78 is 0. The molecule has 0 bridgehead atoms. The Kier molecular flexibility index (Phi) is 7.29. The van der Waals surface area contributed by atoms with E-state index in [0.717, 1.165) is 12.5 Å². The van der Waals surface area contributed by atoms with Crippen LogP contribution >= 0.6 is 11.3 Å². The van der Waals surface area contributed by atoms with Crippen molar-refractivity contribution in [3.05, 3.63) is 58.3 Å². The molecule has 0 aliphatic rings. The molecule has 0 aliphatic carbocycles. The highest BCUT2D eigenvalue weighted by atomic mass is 32.1. The van der Waals surface area contributed by atoms with E-state index in [1.54, 1.807) is 30.5 Å². The maximum absolute atomic E-state index is 11.9. The highest BCUT2D eigenvalue weighted by molar-refractivity contribution is 7.07. The van der Waals surface area contributed by atoms with Crippen molar-refractivity contribution in [2.24, 2.45) is 4.99 Å². The molecule has 1 aromatic heterocycles. The third-order valence-electron chi connectivity index (χ3n) is 3.65. The van der Waals surface area contributed by atoms with E-state index in [1.165, 1.54) is 5.56 Å². The van der Waals surface area contributed by atoms with Crippen LogP contribution in [0.5, 0.6) is 0 Å². The van der Waals surface area contributed by atoms with Crippen LogP contribution in [0.1, 0.15) is 28.8 Å².